The Labute approximate surface area is 87.0 Å². The van der Waals surface area contributed by atoms with Crippen molar-refractivity contribution in [2.45, 2.75) is 39.2 Å². The smallest absolute Gasteiger partial charge is 0.114 e. The van der Waals surface area contributed by atoms with Gasteiger partial charge in [0.1, 0.15) is 12.4 Å². The molecule has 1 rings (SSSR count). The van der Waals surface area contributed by atoms with Crippen LogP contribution in [0.4, 0.5) is 0 Å². The Balaban J connectivity index is 2.23. The number of rotatable bonds is 5. The number of hydrogen-bond acceptors (Lipinski definition) is 2. The second-order valence-corrected chi connectivity index (χ2v) is 3.61. The highest BCUT2D eigenvalue weighted by Crippen LogP contribution is 2.08. The predicted molar refractivity (Wildman–Crippen MR) is 60.2 cm³/mol. The van der Waals surface area contributed by atoms with Gasteiger partial charge in [-0.05, 0) is 44.9 Å². The summed E-state index contributed by atoms with van der Waals surface area (Å²) in [6, 6.07) is 0.556. The van der Waals surface area contributed by atoms with Crippen molar-refractivity contribution in [3.8, 4) is 0 Å². The average Bonchev–Trinajstić information content (AvgIpc) is 2.71. The molecule has 0 saturated carbocycles. The van der Waals surface area contributed by atoms with Gasteiger partial charge in [-0.3, -0.25) is 0 Å². The molecule has 0 aromatic carbocycles. The number of allylic oxidation sites excluding steroid dienone is 3. The van der Waals surface area contributed by atoms with Gasteiger partial charge in [0.05, 0.1) is 0 Å². The molecule has 0 spiro atoms. The number of nitrogens with one attached hydrogen (secondary N) is 1. The normalized spacial score (nSPS) is 23.3. The lowest BCUT2D eigenvalue weighted by molar-refractivity contribution is 0.196. The maximum Gasteiger partial charge on any atom is 0.114 e. The third-order valence-electron chi connectivity index (χ3n) is 2.42. The molecule has 1 aliphatic heterocycles. The lowest BCUT2D eigenvalue weighted by Crippen LogP contribution is -2.26. The Morgan fingerprint density at radius 2 is 2.43 bits per heavy atom. The van der Waals surface area contributed by atoms with Crippen molar-refractivity contribution in [1.29, 1.82) is 0 Å². The van der Waals surface area contributed by atoms with Gasteiger partial charge in [0, 0.05) is 6.04 Å². The molecule has 1 aliphatic rings. The summed E-state index contributed by atoms with van der Waals surface area (Å²) in [6.07, 6.45) is 9.77. The maximum absolute atomic E-state index is 5.69. The van der Waals surface area contributed by atoms with Gasteiger partial charge in [0.2, 0.25) is 0 Å². The zero-order chi connectivity index (χ0) is 10.2. The topological polar surface area (TPSA) is 21.3 Å². The highest BCUT2D eigenvalue weighted by atomic mass is 16.5. The molecule has 0 aromatic rings. The first kappa shape index (κ1) is 11.3. The van der Waals surface area contributed by atoms with Crippen molar-refractivity contribution < 1.29 is 4.74 Å². The van der Waals surface area contributed by atoms with E-state index < -0.39 is 0 Å². The fourth-order valence-electron chi connectivity index (χ4n) is 1.56. The molecular weight excluding hydrogens is 174 g/mol. The van der Waals surface area contributed by atoms with E-state index in [9.17, 15) is 0 Å². The van der Waals surface area contributed by atoms with Crippen LogP contribution in [0.5, 0.6) is 0 Å². The fraction of sp³-hybridized carbons (Fsp3) is 0.667. The van der Waals surface area contributed by atoms with E-state index in [4.69, 9.17) is 4.74 Å². The van der Waals surface area contributed by atoms with Crippen LogP contribution >= 0.6 is 0 Å². The minimum Gasteiger partial charge on any atom is -0.492 e. The molecule has 1 unspecified atom stereocenters. The maximum atomic E-state index is 5.69. The zero-order valence-electron chi connectivity index (χ0n) is 9.25. The van der Waals surface area contributed by atoms with Crippen LogP contribution in [-0.2, 0) is 4.74 Å². The fourth-order valence-corrected chi connectivity index (χ4v) is 1.56. The summed E-state index contributed by atoms with van der Waals surface area (Å²) in [5.41, 5.74) is 0. The second-order valence-electron chi connectivity index (χ2n) is 3.61. The SMILES string of the molecule is C/C=C(\C=C/CC)OCC1CCCN1. The van der Waals surface area contributed by atoms with Crippen LogP contribution < -0.4 is 5.32 Å². The van der Waals surface area contributed by atoms with Gasteiger partial charge < -0.3 is 10.1 Å². The van der Waals surface area contributed by atoms with Crippen molar-refractivity contribution in [1.82, 2.24) is 5.32 Å². The van der Waals surface area contributed by atoms with Gasteiger partial charge in [-0.2, -0.15) is 0 Å². The van der Waals surface area contributed by atoms with E-state index in [0.29, 0.717) is 6.04 Å². The molecule has 80 valence electrons. The summed E-state index contributed by atoms with van der Waals surface area (Å²) in [7, 11) is 0. The van der Waals surface area contributed by atoms with E-state index >= 15 is 0 Å². The molecule has 14 heavy (non-hydrogen) atoms. The van der Waals surface area contributed by atoms with Crippen molar-refractivity contribution >= 4 is 0 Å². The van der Waals surface area contributed by atoms with Crippen molar-refractivity contribution in [2.75, 3.05) is 13.2 Å². The van der Waals surface area contributed by atoms with Crippen molar-refractivity contribution in [3.63, 3.8) is 0 Å². The first-order chi connectivity index (χ1) is 6.86. The quantitative estimate of drug-likeness (QED) is 0.538. The Hall–Kier alpha value is -0.760. The van der Waals surface area contributed by atoms with Crippen molar-refractivity contribution in [3.05, 3.63) is 24.0 Å². The third-order valence-corrected chi connectivity index (χ3v) is 2.42. The first-order valence-corrected chi connectivity index (χ1v) is 5.55. The molecule has 1 atom stereocenters. The van der Waals surface area contributed by atoms with Crippen LogP contribution in [0.15, 0.2) is 24.0 Å². The highest BCUT2D eigenvalue weighted by Gasteiger charge is 2.14. The molecule has 0 amide bonds. The summed E-state index contributed by atoms with van der Waals surface area (Å²) >= 11 is 0. The molecule has 0 aromatic heterocycles. The van der Waals surface area contributed by atoms with Gasteiger partial charge >= 0.3 is 0 Å². The Bertz CT molecular complexity index is 202. The monoisotopic (exact) mass is 195 g/mol. The summed E-state index contributed by atoms with van der Waals surface area (Å²) in [5.74, 6) is 0.987. The number of ether oxygens (including phenoxy) is 1. The van der Waals surface area contributed by atoms with Gasteiger partial charge in [-0.25, -0.2) is 0 Å². The molecule has 0 radical (unpaired) electrons. The van der Waals surface area contributed by atoms with Gasteiger partial charge in [0.15, 0.2) is 0 Å². The van der Waals surface area contributed by atoms with Crippen LogP contribution in [0.3, 0.4) is 0 Å². The zero-order valence-corrected chi connectivity index (χ0v) is 9.25. The van der Waals surface area contributed by atoms with Crippen LogP contribution in [-0.4, -0.2) is 19.2 Å². The second kappa shape index (κ2) is 6.66. The molecule has 1 heterocycles. The van der Waals surface area contributed by atoms with Gasteiger partial charge in [-0.15, -0.1) is 0 Å². The third kappa shape index (κ3) is 3.97. The molecule has 2 nitrogen and oxygen atoms in total. The van der Waals surface area contributed by atoms with E-state index in [-0.39, 0.29) is 0 Å². The first-order valence-electron chi connectivity index (χ1n) is 5.55. The lowest BCUT2D eigenvalue weighted by atomic mass is 10.2. The lowest BCUT2D eigenvalue weighted by Gasteiger charge is -2.12. The van der Waals surface area contributed by atoms with E-state index in [1.807, 2.05) is 13.0 Å². The molecule has 1 saturated heterocycles. The van der Waals surface area contributed by atoms with Crippen LogP contribution in [0.1, 0.15) is 33.1 Å². The van der Waals surface area contributed by atoms with E-state index in [1.54, 1.807) is 0 Å². The predicted octanol–water partition coefficient (Wildman–Crippen LogP) is 2.63. The Morgan fingerprint density at radius 1 is 1.57 bits per heavy atom. The molecule has 2 heteroatoms. The molecule has 0 bridgehead atoms. The Morgan fingerprint density at radius 3 is 3.00 bits per heavy atom. The van der Waals surface area contributed by atoms with Crippen LogP contribution in [0, 0.1) is 0 Å². The Kier molecular flexibility index (Phi) is 5.38. The van der Waals surface area contributed by atoms with E-state index in [1.165, 1.54) is 12.8 Å². The standard InChI is InChI=1S/C12H21NO/c1-3-5-8-12(4-2)14-10-11-7-6-9-13-11/h4-5,8,11,13H,3,6-7,9-10H2,1-2H3/b8-5-,12-4+. The molecular formula is C12H21NO. The minimum atomic E-state index is 0.556. The van der Waals surface area contributed by atoms with Gasteiger partial charge in [0.25, 0.3) is 0 Å². The molecule has 1 N–H and O–H groups in total. The summed E-state index contributed by atoms with van der Waals surface area (Å²) in [6.45, 7) is 6.08. The molecule has 0 aliphatic carbocycles. The van der Waals surface area contributed by atoms with E-state index in [0.717, 1.165) is 25.3 Å². The summed E-state index contributed by atoms with van der Waals surface area (Å²) in [4.78, 5) is 0. The molecule has 1 fully saturated rings. The largest absolute Gasteiger partial charge is 0.492 e. The minimum absolute atomic E-state index is 0.556. The van der Waals surface area contributed by atoms with Crippen molar-refractivity contribution in [2.24, 2.45) is 0 Å². The summed E-state index contributed by atoms with van der Waals surface area (Å²) < 4.78 is 5.69. The van der Waals surface area contributed by atoms with Crippen LogP contribution in [0.2, 0.25) is 0 Å². The number of hydrogen-bond donors (Lipinski definition) is 1. The highest BCUT2D eigenvalue weighted by molar-refractivity contribution is 5.10. The average molecular weight is 195 g/mol. The summed E-state index contributed by atoms with van der Waals surface area (Å²) in [5, 5.41) is 3.42. The van der Waals surface area contributed by atoms with E-state index in [2.05, 4.69) is 24.4 Å². The van der Waals surface area contributed by atoms with Crippen LogP contribution in [0.25, 0.3) is 0 Å². The van der Waals surface area contributed by atoms with Gasteiger partial charge in [-0.1, -0.05) is 13.0 Å².